The molecule has 0 unspecified atom stereocenters. The van der Waals surface area contributed by atoms with E-state index in [9.17, 15) is 13.2 Å². The maximum atomic E-state index is 12.6. The summed E-state index contributed by atoms with van der Waals surface area (Å²) in [5.41, 5.74) is 3.86. The Hall–Kier alpha value is -3.07. The van der Waals surface area contributed by atoms with Crippen LogP contribution in [0.15, 0.2) is 111 Å². The lowest BCUT2D eigenvalue weighted by molar-refractivity contribution is 0.102. The van der Waals surface area contributed by atoms with Gasteiger partial charge in [0.05, 0.1) is 4.90 Å². The zero-order valence-electron chi connectivity index (χ0n) is 18.9. The predicted molar refractivity (Wildman–Crippen MR) is 147 cm³/mol. The number of amides is 1. The van der Waals surface area contributed by atoms with Gasteiger partial charge in [-0.05, 0) is 85.3 Å². The van der Waals surface area contributed by atoms with Crippen molar-refractivity contribution in [2.75, 3.05) is 10.0 Å². The van der Waals surface area contributed by atoms with E-state index in [-0.39, 0.29) is 10.8 Å². The van der Waals surface area contributed by atoms with Gasteiger partial charge in [0.15, 0.2) is 0 Å². The number of hydrogen-bond donors (Lipinski definition) is 2. The molecule has 4 aromatic rings. The second kappa shape index (κ2) is 11.1. The average molecular weight is 568 g/mol. The molecule has 2 N–H and O–H groups in total. The quantitative estimate of drug-likeness (QED) is 0.223. The van der Waals surface area contributed by atoms with Crippen LogP contribution in [0.25, 0.3) is 0 Å². The van der Waals surface area contributed by atoms with Crippen LogP contribution in [-0.2, 0) is 15.8 Å². The minimum atomic E-state index is -3.74. The third-order valence-electron chi connectivity index (χ3n) is 5.16. The molecule has 0 saturated heterocycles. The Morgan fingerprint density at radius 3 is 2.03 bits per heavy atom. The number of aryl methyl sites for hydroxylation is 1. The van der Waals surface area contributed by atoms with E-state index in [0.29, 0.717) is 16.9 Å². The highest BCUT2D eigenvalue weighted by atomic mass is 79.9. The molecule has 0 spiro atoms. The second-order valence-electron chi connectivity index (χ2n) is 7.89. The van der Waals surface area contributed by atoms with Crippen molar-refractivity contribution < 1.29 is 13.2 Å². The van der Waals surface area contributed by atoms with Gasteiger partial charge in [-0.3, -0.25) is 9.52 Å². The lowest BCUT2D eigenvalue weighted by Gasteiger charge is -2.10. The van der Waals surface area contributed by atoms with Crippen LogP contribution < -0.4 is 10.0 Å². The molecule has 8 heteroatoms. The lowest BCUT2D eigenvalue weighted by atomic mass is 10.1. The van der Waals surface area contributed by atoms with Crippen LogP contribution in [-0.4, -0.2) is 14.3 Å². The van der Waals surface area contributed by atoms with Crippen molar-refractivity contribution >= 4 is 55.0 Å². The van der Waals surface area contributed by atoms with Crippen LogP contribution in [0.1, 0.15) is 21.5 Å². The van der Waals surface area contributed by atoms with Crippen molar-refractivity contribution in [2.45, 2.75) is 22.5 Å². The number of benzene rings is 4. The van der Waals surface area contributed by atoms with Crippen LogP contribution in [0.2, 0.25) is 0 Å². The number of rotatable bonds is 8. The van der Waals surface area contributed by atoms with Gasteiger partial charge in [0.1, 0.15) is 0 Å². The molecule has 0 bridgehead atoms. The van der Waals surface area contributed by atoms with Gasteiger partial charge >= 0.3 is 0 Å². The Morgan fingerprint density at radius 1 is 0.800 bits per heavy atom. The Balaban J connectivity index is 1.34. The van der Waals surface area contributed by atoms with Crippen LogP contribution >= 0.6 is 27.7 Å². The molecule has 4 rings (SSSR count). The summed E-state index contributed by atoms with van der Waals surface area (Å²) in [6.07, 6.45) is 0. The van der Waals surface area contributed by atoms with Crippen molar-refractivity contribution in [1.29, 1.82) is 0 Å². The molecule has 178 valence electrons. The van der Waals surface area contributed by atoms with E-state index in [0.717, 1.165) is 15.8 Å². The zero-order chi connectivity index (χ0) is 24.8. The number of anilines is 2. The number of halogens is 1. The summed E-state index contributed by atoms with van der Waals surface area (Å²) < 4.78 is 28.6. The fraction of sp³-hybridized carbons (Fsp3) is 0.0741. The number of sulfonamides is 1. The molecule has 0 aliphatic rings. The summed E-state index contributed by atoms with van der Waals surface area (Å²) in [5, 5.41) is 2.81. The number of hydrogen-bond acceptors (Lipinski definition) is 4. The van der Waals surface area contributed by atoms with Gasteiger partial charge in [0.25, 0.3) is 15.9 Å². The highest BCUT2D eigenvalue weighted by Gasteiger charge is 2.15. The Labute approximate surface area is 218 Å². The standard InChI is InChI=1S/C27H23BrN2O3S2/c1-19-2-14-25(15-3-19)34-18-20-4-6-21(7-5-20)27(31)29-23-12-16-26(17-13-23)35(32,33)30-24-10-8-22(28)9-11-24/h2-17,30H,18H2,1H3,(H,29,31). The number of nitrogens with one attached hydrogen (secondary N) is 2. The van der Waals surface area contributed by atoms with E-state index in [1.807, 2.05) is 12.1 Å². The van der Waals surface area contributed by atoms with Gasteiger partial charge in [0, 0.05) is 32.1 Å². The Bertz CT molecular complexity index is 1400. The number of thioether (sulfide) groups is 1. The predicted octanol–water partition coefficient (Wildman–Crippen LogP) is 7.10. The molecule has 1 amide bonds. The van der Waals surface area contributed by atoms with Crippen molar-refractivity contribution in [3.8, 4) is 0 Å². The Kier molecular flexibility index (Phi) is 7.95. The largest absolute Gasteiger partial charge is 0.322 e. The molecular formula is C27H23BrN2O3S2. The van der Waals surface area contributed by atoms with Crippen molar-refractivity contribution in [3.63, 3.8) is 0 Å². The van der Waals surface area contributed by atoms with E-state index >= 15 is 0 Å². The van der Waals surface area contributed by atoms with Gasteiger partial charge in [-0.15, -0.1) is 11.8 Å². The van der Waals surface area contributed by atoms with Crippen LogP contribution in [0.5, 0.6) is 0 Å². The fourth-order valence-corrected chi connectivity index (χ4v) is 5.38. The first kappa shape index (κ1) is 25.0. The lowest BCUT2D eigenvalue weighted by Crippen LogP contribution is -2.14. The molecule has 0 aliphatic heterocycles. The molecule has 0 fully saturated rings. The summed E-state index contributed by atoms with van der Waals surface area (Å²) in [7, 11) is -3.74. The molecule has 0 saturated carbocycles. The minimum absolute atomic E-state index is 0.105. The summed E-state index contributed by atoms with van der Waals surface area (Å²) in [4.78, 5) is 13.9. The molecule has 0 radical (unpaired) electrons. The first-order chi connectivity index (χ1) is 16.8. The van der Waals surface area contributed by atoms with Gasteiger partial charge in [-0.25, -0.2) is 8.42 Å². The average Bonchev–Trinajstić information content (AvgIpc) is 2.85. The van der Waals surface area contributed by atoms with Crippen molar-refractivity contribution in [2.24, 2.45) is 0 Å². The van der Waals surface area contributed by atoms with Crippen LogP contribution in [0, 0.1) is 6.92 Å². The highest BCUT2D eigenvalue weighted by Crippen LogP contribution is 2.24. The molecule has 0 aliphatic carbocycles. The summed E-state index contributed by atoms with van der Waals surface area (Å²) >= 11 is 5.07. The molecule has 0 heterocycles. The maximum absolute atomic E-state index is 12.6. The molecule has 0 aromatic heterocycles. The van der Waals surface area contributed by atoms with Crippen molar-refractivity contribution in [1.82, 2.24) is 0 Å². The van der Waals surface area contributed by atoms with Gasteiger partial charge in [-0.2, -0.15) is 0 Å². The molecule has 4 aromatic carbocycles. The first-order valence-corrected chi connectivity index (χ1v) is 14.0. The van der Waals surface area contributed by atoms with E-state index in [2.05, 4.69) is 57.2 Å². The summed E-state index contributed by atoms with van der Waals surface area (Å²) in [5.74, 6) is 0.557. The SMILES string of the molecule is Cc1ccc(SCc2ccc(C(=O)Nc3ccc(S(=O)(=O)Nc4ccc(Br)cc4)cc3)cc2)cc1. The molecule has 35 heavy (non-hydrogen) atoms. The van der Waals surface area contributed by atoms with Crippen LogP contribution in [0.4, 0.5) is 11.4 Å². The third-order valence-corrected chi connectivity index (χ3v) is 8.17. The van der Waals surface area contributed by atoms with Gasteiger partial charge in [-0.1, -0.05) is 45.8 Å². The van der Waals surface area contributed by atoms with E-state index in [4.69, 9.17) is 0 Å². The highest BCUT2D eigenvalue weighted by molar-refractivity contribution is 9.10. The summed E-state index contributed by atoms with van der Waals surface area (Å²) in [6, 6.07) is 28.8. The van der Waals surface area contributed by atoms with Gasteiger partial charge < -0.3 is 5.32 Å². The topological polar surface area (TPSA) is 75.3 Å². The molecular weight excluding hydrogens is 544 g/mol. The monoisotopic (exact) mass is 566 g/mol. The van der Waals surface area contributed by atoms with Gasteiger partial charge in [0.2, 0.25) is 0 Å². The normalized spacial score (nSPS) is 11.1. The minimum Gasteiger partial charge on any atom is -0.322 e. The number of carbonyl (C=O) groups excluding carboxylic acids is 1. The van der Waals surface area contributed by atoms with E-state index < -0.39 is 10.0 Å². The summed E-state index contributed by atoms with van der Waals surface area (Å²) in [6.45, 7) is 2.07. The van der Waals surface area contributed by atoms with Crippen molar-refractivity contribution in [3.05, 3.63) is 118 Å². The zero-order valence-corrected chi connectivity index (χ0v) is 22.1. The molecule has 0 atom stereocenters. The smallest absolute Gasteiger partial charge is 0.261 e. The fourth-order valence-electron chi connectivity index (χ4n) is 3.21. The van der Waals surface area contributed by atoms with E-state index in [1.54, 1.807) is 60.3 Å². The third kappa shape index (κ3) is 6.97. The Morgan fingerprint density at radius 2 is 1.40 bits per heavy atom. The van der Waals surface area contributed by atoms with Crippen LogP contribution in [0.3, 0.4) is 0 Å². The number of carbonyl (C=O) groups is 1. The first-order valence-electron chi connectivity index (χ1n) is 10.8. The maximum Gasteiger partial charge on any atom is 0.261 e. The van der Waals surface area contributed by atoms with E-state index in [1.165, 1.54) is 22.6 Å². The second-order valence-corrected chi connectivity index (χ2v) is 11.5. The molecule has 5 nitrogen and oxygen atoms in total.